The van der Waals surface area contributed by atoms with Gasteiger partial charge in [-0.3, -0.25) is 19.7 Å². The summed E-state index contributed by atoms with van der Waals surface area (Å²) in [6.07, 6.45) is 7.95. The van der Waals surface area contributed by atoms with Gasteiger partial charge in [-0.25, -0.2) is 4.68 Å². The predicted octanol–water partition coefficient (Wildman–Crippen LogP) is 1.76. The Morgan fingerprint density at radius 2 is 1.94 bits per heavy atom. The number of carbonyl (C=O) groups is 3. The number of benzene rings is 1. The van der Waals surface area contributed by atoms with Crippen LogP contribution < -0.4 is 10.1 Å². The van der Waals surface area contributed by atoms with Gasteiger partial charge in [-0.15, -0.1) is 5.10 Å². The van der Waals surface area contributed by atoms with E-state index in [-0.39, 0.29) is 30.4 Å². The van der Waals surface area contributed by atoms with E-state index in [1.54, 1.807) is 17.0 Å². The minimum Gasteiger partial charge on any atom is -0.487 e. The molecule has 3 heterocycles. The lowest BCUT2D eigenvalue weighted by molar-refractivity contribution is -0.421. The Balaban J connectivity index is 0.994. The summed E-state index contributed by atoms with van der Waals surface area (Å²) >= 11 is 0. The molecule has 8 rings (SSSR count). The average Bonchev–Trinajstić information content (AvgIpc) is 3.36. The second-order valence-electron chi connectivity index (χ2n) is 11.1. The lowest BCUT2D eigenvalue weighted by atomic mass is 9.15. The molecule has 9 heteroatoms. The molecular formula is C25H25N5O4. The van der Waals surface area contributed by atoms with Crippen LogP contribution in [0.25, 0.3) is 0 Å². The van der Waals surface area contributed by atoms with Gasteiger partial charge < -0.3 is 9.64 Å². The maximum absolute atomic E-state index is 13.0. The van der Waals surface area contributed by atoms with Gasteiger partial charge in [0.1, 0.15) is 24.1 Å². The van der Waals surface area contributed by atoms with Gasteiger partial charge in [-0.1, -0.05) is 11.3 Å². The van der Waals surface area contributed by atoms with Gasteiger partial charge in [0.15, 0.2) is 0 Å². The number of hydrogen-bond donors (Lipinski definition) is 1. The van der Waals surface area contributed by atoms with Crippen LogP contribution in [0.15, 0.2) is 24.4 Å². The van der Waals surface area contributed by atoms with Crippen molar-refractivity contribution in [2.24, 2.45) is 23.2 Å². The first-order valence-corrected chi connectivity index (χ1v) is 12.3. The number of carbonyl (C=O) groups excluding carboxylic acids is 3. The number of piperidine rings is 1. The highest BCUT2D eigenvalue weighted by Gasteiger charge is 2.88. The fourth-order valence-electron chi connectivity index (χ4n) is 8.68. The van der Waals surface area contributed by atoms with E-state index in [0.717, 1.165) is 29.0 Å². The summed E-state index contributed by atoms with van der Waals surface area (Å²) in [5.41, 5.74) is 2.86. The largest absolute Gasteiger partial charge is 0.487 e. The van der Waals surface area contributed by atoms with Crippen molar-refractivity contribution in [1.82, 2.24) is 25.2 Å². The van der Waals surface area contributed by atoms with Crippen LogP contribution in [0.2, 0.25) is 0 Å². The minimum absolute atomic E-state index is 0.200. The van der Waals surface area contributed by atoms with Crippen LogP contribution in [-0.2, 0) is 28.3 Å². The number of imide groups is 1. The number of nitrogens with one attached hydrogen (secondary N) is 1. The number of nitrogens with zero attached hydrogens (tertiary/aromatic N) is 4. The third-order valence-electron chi connectivity index (χ3n) is 10.0. The third kappa shape index (κ3) is 2.02. The smallest absolute Gasteiger partial charge is 0.255 e. The number of hydrogen-bond acceptors (Lipinski definition) is 6. The van der Waals surface area contributed by atoms with E-state index in [2.05, 4.69) is 26.5 Å². The van der Waals surface area contributed by atoms with Crippen molar-refractivity contribution in [3.05, 3.63) is 41.2 Å². The van der Waals surface area contributed by atoms with Crippen LogP contribution >= 0.6 is 0 Å². The van der Waals surface area contributed by atoms with Crippen molar-refractivity contribution in [2.45, 2.75) is 63.3 Å². The van der Waals surface area contributed by atoms with E-state index in [9.17, 15) is 14.4 Å². The predicted molar refractivity (Wildman–Crippen MR) is 116 cm³/mol. The zero-order chi connectivity index (χ0) is 22.8. The molecule has 2 aromatic rings. The quantitative estimate of drug-likeness (QED) is 0.683. The standard InChI is InChI=1S/C25H25N5O4/c31-21-5-4-19(22(32)26-21)29-11-18-17(23(29)33)2-1-3-20(18)34-12-16-10-30(28-27-16)24-8-14-6-13-7-15(9-24)25(13,14)24/h1-3,10,13-15,19H,4-9,11-12H2,(H,26,31,32). The third-order valence-corrected chi connectivity index (χ3v) is 10.0. The monoisotopic (exact) mass is 459 g/mol. The molecule has 3 amide bonds. The maximum Gasteiger partial charge on any atom is 0.255 e. The molecule has 3 unspecified atom stereocenters. The number of ether oxygens (including phenoxy) is 1. The van der Waals surface area contributed by atoms with E-state index < -0.39 is 11.9 Å². The van der Waals surface area contributed by atoms with Crippen LogP contribution in [0.4, 0.5) is 0 Å². The molecule has 1 aromatic heterocycles. The van der Waals surface area contributed by atoms with E-state index >= 15 is 0 Å². The van der Waals surface area contributed by atoms with Crippen LogP contribution in [0.1, 0.15) is 60.1 Å². The summed E-state index contributed by atoms with van der Waals surface area (Å²) in [5.74, 6) is 2.45. The molecule has 0 bridgehead atoms. The molecule has 5 fully saturated rings. The Bertz CT molecular complexity index is 1270. The molecule has 34 heavy (non-hydrogen) atoms. The van der Waals surface area contributed by atoms with Gasteiger partial charge in [0.25, 0.3) is 5.91 Å². The van der Waals surface area contributed by atoms with Crippen LogP contribution in [0, 0.1) is 23.2 Å². The fourth-order valence-corrected chi connectivity index (χ4v) is 8.68. The van der Waals surface area contributed by atoms with Gasteiger partial charge in [-0.05, 0) is 62.0 Å². The number of amides is 3. The molecule has 0 radical (unpaired) electrons. The lowest BCUT2D eigenvalue weighted by Gasteiger charge is -2.90. The molecule has 6 aliphatic rings. The second-order valence-corrected chi connectivity index (χ2v) is 11.1. The second kappa shape index (κ2) is 6.06. The van der Waals surface area contributed by atoms with Crippen molar-refractivity contribution in [3.8, 4) is 5.75 Å². The van der Waals surface area contributed by atoms with Crippen molar-refractivity contribution in [2.75, 3.05) is 0 Å². The Kier molecular flexibility index (Phi) is 3.41. The number of aromatic nitrogens is 3. The highest BCUT2D eigenvalue weighted by molar-refractivity contribution is 6.05. The molecule has 1 aromatic carbocycles. The Hall–Kier alpha value is -3.23. The first-order valence-electron chi connectivity index (χ1n) is 12.3. The average molecular weight is 460 g/mol. The van der Waals surface area contributed by atoms with Gasteiger partial charge in [0.05, 0.1) is 18.3 Å². The fraction of sp³-hybridized carbons (Fsp3) is 0.560. The van der Waals surface area contributed by atoms with Gasteiger partial charge in [-0.2, -0.15) is 0 Å². The summed E-state index contributed by atoms with van der Waals surface area (Å²) in [7, 11) is 0. The first-order chi connectivity index (χ1) is 16.5. The Labute approximate surface area is 195 Å². The van der Waals surface area contributed by atoms with E-state index in [4.69, 9.17) is 4.74 Å². The van der Waals surface area contributed by atoms with Crippen molar-refractivity contribution in [1.29, 1.82) is 0 Å². The molecule has 4 saturated carbocycles. The molecule has 2 aliphatic heterocycles. The maximum atomic E-state index is 13.0. The first kappa shape index (κ1) is 19.1. The zero-order valence-electron chi connectivity index (χ0n) is 18.7. The molecule has 1 N–H and O–H groups in total. The molecule has 174 valence electrons. The zero-order valence-corrected chi connectivity index (χ0v) is 18.7. The van der Waals surface area contributed by atoms with E-state index in [1.807, 2.05) is 6.07 Å². The molecule has 4 aliphatic carbocycles. The molecule has 9 nitrogen and oxygen atoms in total. The molecule has 1 saturated heterocycles. The molecule has 1 spiro atoms. The summed E-state index contributed by atoms with van der Waals surface area (Å²) in [6.45, 7) is 0.571. The summed E-state index contributed by atoms with van der Waals surface area (Å²) < 4.78 is 8.26. The topological polar surface area (TPSA) is 106 Å². The highest BCUT2D eigenvalue weighted by atomic mass is 16.5. The summed E-state index contributed by atoms with van der Waals surface area (Å²) in [4.78, 5) is 38.4. The number of rotatable bonds is 5. The van der Waals surface area contributed by atoms with E-state index in [1.165, 1.54) is 25.7 Å². The Morgan fingerprint density at radius 1 is 1.12 bits per heavy atom. The molecular weight excluding hydrogens is 434 g/mol. The summed E-state index contributed by atoms with van der Waals surface area (Å²) in [6, 6.07) is 4.77. The van der Waals surface area contributed by atoms with Crippen LogP contribution in [0.5, 0.6) is 5.75 Å². The molecule has 3 atom stereocenters. The summed E-state index contributed by atoms with van der Waals surface area (Å²) in [5, 5.41) is 11.3. The van der Waals surface area contributed by atoms with Crippen LogP contribution in [0.3, 0.4) is 0 Å². The normalized spacial score (nSPS) is 38.5. The van der Waals surface area contributed by atoms with Crippen molar-refractivity contribution >= 4 is 17.7 Å². The van der Waals surface area contributed by atoms with Gasteiger partial charge in [0.2, 0.25) is 11.8 Å². The highest BCUT2D eigenvalue weighted by Crippen LogP contribution is 2.91. The van der Waals surface area contributed by atoms with Crippen LogP contribution in [-0.4, -0.2) is 43.7 Å². The Morgan fingerprint density at radius 3 is 2.68 bits per heavy atom. The van der Waals surface area contributed by atoms with Gasteiger partial charge in [0, 0.05) is 23.0 Å². The minimum atomic E-state index is -0.636. The van der Waals surface area contributed by atoms with E-state index in [0.29, 0.717) is 29.7 Å². The lowest BCUT2D eigenvalue weighted by Crippen LogP contribution is -2.88. The van der Waals surface area contributed by atoms with Crippen molar-refractivity contribution in [3.63, 3.8) is 0 Å². The van der Waals surface area contributed by atoms with Gasteiger partial charge >= 0.3 is 0 Å². The van der Waals surface area contributed by atoms with Crippen molar-refractivity contribution < 1.29 is 19.1 Å². The number of fused-ring (bicyclic) bond motifs is 1. The SMILES string of the molecule is O=C1CCC(N2Cc3c(OCc4cn(C56CC7CC8CC(C5)C876)nn4)cccc3C2=O)C(=O)N1.